The molecule has 1 rings (SSSR count). The van der Waals surface area contributed by atoms with Gasteiger partial charge >= 0.3 is 0 Å². The van der Waals surface area contributed by atoms with Crippen LogP contribution in [-0.4, -0.2) is 39.7 Å². The number of nitrogens with one attached hydrogen (secondary N) is 1. The monoisotopic (exact) mass is 209 g/mol. The normalized spacial score (nSPS) is 25.2. The summed E-state index contributed by atoms with van der Waals surface area (Å²) in [4.78, 5) is 2.26. The molecular weight excluding hydrogens is 194 g/mol. The third-order valence-corrected chi connectivity index (χ3v) is 2.47. The van der Waals surface area contributed by atoms with Crippen LogP contribution in [0.5, 0.6) is 0 Å². The van der Waals surface area contributed by atoms with Crippen molar-refractivity contribution in [2.45, 2.75) is 18.9 Å². The Kier molecular flexibility index (Phi) is 3.63. The molecule has 1 fully saturated rings. The third kappa shape index (κ3) is 3.57. The number of ether oxygens (including phenoxy) is 1. The van der Waals surface area contributed by atoms with Gasteiger partial charge in [-0.2, -0.15) is 8.42 Å². The summed E-state index contributed by atoms with van der Waals surface area (Å²) in [5, 5.41) is 6.46. The van der Waals surface area contributed by atoms with Crippen LogP contribution < -0.4 is 9.97 Å². The Morgan fingerprint density at radius 3 is 2.92 bits per heavy atom. The van der Waals surface area contributed by atoms with Crippen LogP contribution in [0.15, 0.2) is 0 Å². The lowest BCUT2D eigenvalue weighted by Crippen LogP contribution is -2.49. The maximum atomic E-state index is 10.7. The highest BCUT2D eigenvalue weighted by Crippen LogP contribution is 2.14. The first-order valence-corrected chi connectivity index (χ1v) is 5.63. The lowest BCUT2D eigenvalue weighted by Gasteiger charge is -2.22. The highest BCUT2D eigenvalue weighted by Gasteiger charge is 2.26. The maximum absolute atomic E-state index is 10.7. The first kappa shape index (κ1) is 10.9. The van der Waals surface area contributed by atoms with Crippen molar-refractivity contribution in [3.8, 4) is 0 Å². The molecular formula is C6H15N3O3S. The zero-order valence-corrected chi connectivity index (χ0v) is 8.38. The predicted octanol–water partition coefficient (Wildman–Crippen LogP) is -1.19. The van der Waals surface area contributed by atoms with Crippen LogP contribution in [0.4, 0.5) is 0 Å². The lowest BCUT2D eigenvalue weighted by atomic mass is 10.2. The second kappa shape index (κ2) is 4.34. The van der Waals surface area contributed by atoms with Crippen LogP contribution in [0, 0.1) is 0 Å². The van der Waals surface area contributed by atoms with E-state index in [0.717, 1.165) is 12.8 Å². The van der Waals surface area contributed by atoms with Crippen molar-refractivity contribution < 1.29 is 13.2 Å². The first-order chi connectivity index (χ1) is 6.03. The van der Waals surface area contributed by atoms with Crippen molar-refractivity contribution in [3.05, 3.63) is 0 Å². The van der Waals surface area contributed by atoms with E-state index in [2.05, 4.69) is 4.83 Å². The molecule has 7 heteroatoms. The van der Waals surface area contributed by atoms with Gasteiger partial charge in [-0.15, -0.1) is 4.83 Å². The maximum Gasteiger partial charge on any atom is 0.287 e. The fraction of sp³-hybridized carbons (Fsp3) is 1.00. The molecule has 0 aromatic carbocycles. The molecule has 0 aromatic rings. The van der Waals surface area contributed by atoms with Crippen LogP contribution in [0.25, 0.3) is 0 Å². The van der Waals surface area contributed by atoms with Crippen LogP contribution in [0.1, 0.15) is 12.8 Å². The van der Waals surface area contributed by atoms with Crippen molar-refractivity contribution in [2.24, 2.45) is 5.14 Å². The van der Waals surface area contributed by atoms with Gasteiger partial charge < -0.3 is 4.74 Å². The first-order valence-electron chi connectivity index (χ1n) is 4.08. The standard InChI is InChI=1S/C6H15N3O3S/c1-12-5-6-3-2-4-9(6)8-13(7,10)11/h6,8H,2-5H2,1H3,(H2,7,10,11). The second-order valence-corrected chi connectivity index (χ2v) is 4.35. The molecule has 0 aliphatic carbocycles. The molecule has 0 radical (unpaired) electrons. The van der Waals surface area contributed by atoms with E-state index in [4.69, 9.17) is 9.88 Å². The fourth-order valence-electron chi connectivity index (χ4n) is 1.48. The minimum atomic E-state index is -3.64. The zero-order valence-electron chi connectivity index (χ0n) is 7.56. The number of nitrogens with two attached hydrogens (primary N) is 1. The molecule has 3 N–H and O–H groups in total. The van der Waals surface area contributed by atoms with E-state index in [1.54, 1.807) is 12.1 Å². The second-order valence-electron chi connectivity index (χ2n) is 3.08. The van der Waals surface area contributed by atoms with Crippen LogP contribution >= 0.6 is 0 Å². The van der Waals surface area contributed by atoms with E-state index in [1.807, 2.05) is 0 Å². The van der Waals surface area contributed by atoms with Crippen LogP contribution in [-0.2, 0) is 14.9 Å². The number of hydrogen-bond acceptors (Lipinski definition) is 4. The Hall–Kier alpha value is -0.210. The summed E-state index contributed by atoms with van der Waals surface area (Å²) in [6.45, 7) is 1.20. The van der Waals surface area contributed by atoms with Gasteiger partial charge in [0.1, 0.15) is 0 Å². The van der Waals surface area contributed by atoms with Gasteiger partial charge in [0.25, 0.3) is 10.2 Å². The molecule has 1 aliphatic rings. The van der Waals surface area contributed by atoms with Crippen molar-refractivity contribution in [1.29, 1.82) is 0 Å². The van der Waals surface area contributed by atoms with Gasteiger partial charge in [0, 0.05) is 19.7 Å². The molecule has 1 heterocycles. The molecule has 0 saturated carbocycles. The predicted molar refractivity (Wildman–Crippen MR) is 47.8 cm³/mol. The van der Waals surface area contributed by atoms with E-state index >= 15 is 0 Å². The summed E-state index contributed by atoms with van der Waals surface area (Å²) in [5.74, 6) is 0. The molecule has 1 atom stereocenters. The topological polar surface area (TPSA) is 84.7 Å². The largest absolute Gasteiger partial charge is 0.383 e. The number of hydrogen-bond donors (Lipinski definition) is 2. The smallest absolute Gasteiger partial charge is 0.287 e. The molecule has 0 aromatic heterocycles. The van der Waals surface area contributed by atoms with E-state index < -0.39 is 10.2 Å². The summed E-state index contributed by atoms with van der Waals surface area (Å²) < 4.78 is 26.4. The zero-order chi connectivity index (χ0) is 9.90. The minimum Gasteiger partial charge on any atom is -0.383 e. The summed E-state index contributed by atoms with van der Waals surface area (Å²) >= 11 is 0. The number of hydrazine groups is 1. The van der Waals surface area contributed by atoms with Gasteiger partial charge in [-0.1, -0.05) is 0 Å². The fourth-order valence-corrected chi connectivity index (χ4v) is 2.05. The molecule has 0 spiro atoms. The minimum absolute atomic E-state index is 0.100. The van der Waals surface area contributed by atoms with E-state index in [1.165, 1.54) is 0 Å². The van der Waals surface area contributed by atoms with Crippen molar-refractivity contribution in [1.82, 2.24) is 9.84 Å². The summed E-state index contributed by atoms with van der Waals surface area (Å²) in [6.07, 6.45) is 1.88. The van der Waals surface area contributed by atoms with Crippen LogP contribution in [0.2, 0.25) is 0 Å². The van der Waals surface area contributed by atoms with Crippen molar-refractivity contribution in [3.63, 3.8) is 0 Å². The molecule has 1 unspecified atom stereocenters. The van der Waals surface area contributed by atoms with Gasteiger partial charge in [0.05, 0.1) is 6.61 Å². The SMILES string of the molecule is COCC1CCCN1NS(N)(=O)=O. The molecule has 0 bridgehead atoms. The molecule has 13 heavy (non-hydrogen) atoms. The molecule has 1 aliphatic heterocycles. The van der Waals surface area contributed by atoms with Gasteiger partial charge in [0.15, 0.2) is 0 Å². The van der Waals surface area contributed by atoms with Crippen molar-refractivity contribution in [2.75, 3.05) is 20.3 Å². The third-order valence-electron chi connectivity index (χ3n) is 1.98. The molecule has 0 amide bonds. The summed E-state index contributed by atoms with van der Waals surface area (Å²) in [7, 11) is -2.05. The highest BCUT2D eigenvalue weighted by atomic mass is 32.2. The van der Waals surface area contributed by atoms with Gasteiger partial charge in [-0.3, -0.25) is 0 Å². The van der Waals surface area contributed by atoms with Gasteiger partial charge in [-0.25, -0.2) is 10.1 Å². The Morgan fingerprint density at radius 1 is 1.69 bits per heavy atom. The van der Waals surface area contributed by atoms with Gasteiger partial charge in [-0.05, 0) is 12.8 Å². The summed E-state index contributed by atoms with van der Waals surface area (Å²) in [5.41, 5.74) is 0. The van der Waals surface area contributed by atoms with Crippen molar-refractivity contribution >= 4 is 10.2 Å². The average molecular weight is 209 g/mol. The quantitative estimate of drug-likeness (QED) is 0.609. The average Bonchev–Trinajstić information content (AvgIpc) is 2.34. The molecule has 6 nitrogen and oxygen atoms in total. The van der Waals surface area contributed by atoms with E-state index in [9.17, 15) is 8.42 Å². The highest BCUT2D eigenvalue weighted by molar-refractivity contribution is 7.87. The van der Waals surface area contributed by atoms with E-state index in [-0.39, 0.29) is 6.04 Å². The Labute approximate surface area is 78.2 Å². The number of methoxy groups -OCH3 is 1. The Bertz CT molecular complexity index is 254. The molecule has 1 saturated heterocycles. The van der Waals surface area contributed by atoms with Crippen LogP contribution in [0.3, 0.4) is 0 Å². The Morgan fingerprint density at radius 2 is 2.38 bits per heavy atom. The lowest BCUT2D eigenvalue weighted by molar-refractivity contribution is 0.104. The number of nitrogens with zero attached hydrogens (tertiary/aromatic N) is 1. The van der Waals surface area contributed by atoms with Gasteiger partial charge in [0.2, 0.25) is 0 Å². The molecule has 78 valence electrons. The summed E-state index contributed by atoms with van der Waals surface area (Å²) in [6, 6.07) is 0.100. The van der Waals surface area contributed by atoms with E-state index in [0.29, 0.717) is 13.2 Å². The Balaban J connectivity index is 2.49. The number of rotatable bonds is 4.